The fraction of sp³-hybridized carbons (Fsp3) is 0.164. The van der Waals surface area contributed by atoms with Crippen LogP contribution in [0.5, 0.6) is 11.6 Å². The van der Waals surface area contributed by atoms with Gasteiger partial charge < -0.3 is 4.74 Å². The highest BCUT2D eigenvalue weighted by molar-refractivity contribution is 7.20. The van der Waals surface area contributed by atoms with Crippen LogP contribution in [0.4, 0.5) is 110 Å². The number of alkyl halides is 24. The van der Waals surface area contributed by atoms with Gasteiger partial charge in [-0.2, -0.15) is 132 Å². The number of rotatable bonds is 9. The molecule has 0 N–H and O–H groups in total. The molecule has 0 aliphatic heterocycles. The number of aromatic nitrogens is 1. The SMILES string of the molecule is FC(F)(F)c1cc([B-](c2cc(C(F)(F)F)cc(C(F)(F)F)c2)(c2cc(C(F)(F)F)cc(C(F)(F)F)c2)c2cc(C(F)(F)F)cc(C(F)(F)F)c2)cc(C(F)(F)F)c1.O=C(C[n+]1ccc2ccccc2c1Oc1ccccc1F)c1ccccc1. The van der Waals surface area contributed by atoms with Gasteiger partial charge in [-0.1, -0.05) is 109 Å². The second-order valence-electron chi connectivity index (χ2n) is 18.4. The van der Waals surface area contributed by atoms with Gasteiger partial charge in [0, 0.05) is 11.6 Å². The van der Waals surface area contributed by atoms with Crippen LogP contribution in [0.3, 0.4) is 0 Å². The molecule has 8 aromatic rings. The van der Waals surface area contributed by atoms with Crippen LogP contribution in [0.2, 0.25) is 0 Å². The summed E-state index contributed by atoms with van der Waals surface area (Å²) in [6.45, 7) is 0.0959. The molecule has 0 saturated carbocycles. The second kappa shape index (κ2) is 22.4. The minimum atomic E-state index is -6.13. The first-order valence-electron chi connectivity index (χ1n) is 23.3. The number of ketones is 1. The summed E-state index contributed by atoms with van der Waals surface area (Å²) in [5, 5.41) is 1.76. The summed E-state index contributed by atoms with van der Waals surface area (Å²) >= 11 is 0. The molecular weight excluding hydrogens is 1190 g/mol. The molecule has 1 aromatic heterocycles. The van der Waals surface area contributed by atoms with Gasteiger partial charge in [0.2, 0.25) is 12.3 Å². The summed E-state index contributed by atoms with van der Waals surface area (Å²) in [4.78, 5) is 12.7. The van der Waals surface area contributed by atoms with Gasteiger partial charge >= 0.3 is 55.3 Å². The number of carbonyl (C=O) groups is 1. The lowest BCUT2D eigenvalue weighted by Crippen LogP contribution is -2.75. The first-order chi connectivity index (χ1) is 38.5. The molecule has 3 nitrogen and oxygen atoms in total. The lowest BCUT2D eigenvalue weighted by Gasteiger charge is -2.46. The molecular formula is C55H29BF25NO2. The Morgan fingerprint density at radius 2 is 0.667 bits per heavy atom. The quantitative estimate of drug-likeness (QED) is 0.0624. The van der Waals surface area contributed by atoms with Crippen molar-refractivity contribution in [2.45, 2.75) is 56.0 Å². The summed E-state index contributed by atoms with van der Waals surface area (Å²) in [6, 6.07) is 16.1. The molecule has 7 aromatic carbocycles. The Balaban J connectivity index is 0.000000309. The number of benzene rings is 7. The van der Waals surface area contributed by atoms with Gasteiger partial charge in [0.15, 0.2) is 17.8 Å². The van der Waals surface area contributed by atoms with Crippen LogP contribution in [0, 0.1) is 5.82 Å². The van der Waals surface area contributed by atoms with E-state index in [9.17, 15) is 115 Å². The number of fused-ring (bicyclic) bond motifs is 1. The number of pyridine rings is 1. The molecule has 0 atom stereocenters. The highest BCUT2D eigenvalue weighted by Crippen LogP contribution is 2.42. The van der Waals surface area contributed by atoms with Gasteiger partial charge in [0.05, 0.1) is 49.9 Å². The maximum atomic E-state index is 14.2. The van der Waals surface area contributed by atoms with Gasteiger partial charge in [-0.05, 0) is 47.9 Å². The second-order valence-corrected chi connectivity index (χ2v) is 18.4. The predicted octanol–water partition coefficient (Wildman–Crippen LogP) is 16.2. The first-order valence-corrected chi connectivity index (χ1v) is 23.3. The summed E-state index contributed by atoms with van der Waals surface area (Å²) < 4.78 is 363. The van der Waals surface area contributed by atoms with Crippen molar-refractivity contribution in [2.24, 2.45) is 0 Å². The fourth-order valence-corrected chi connectivity index (χ4v) is 9.04. The standard InChI is InChI=1S/C32H12BF24.C23H17FNO2/c34-25(35,36)13-1-14(26(37,38)39)6-21(5-13)33(22-7-15(27(40,41)42)2-16(8-22)28(43,44)45,23-9-17(29(46,47)48)3-18(10-23)30(49,50)51)24-11-19(31(52,53)54)4-20(12-24)32(55,56)57;24-20-12-6-7-13-22(20)27-23-19-11-5-4-8-17(19)14-15-25(23)16-21(26)18-9-2-1-3-10-18/h1-12H;1-15H,16H2/q-1;+1. The molecule has 8 rings (SSSR count). The number of ether oxygens (including phenoxy) is 1. The van der Waals surface area contributed by atoms with Crippen LogP contribution in [-0.2, 0) is 56.0 Å². The summed E-state index contributed by atoms with van der Waals surface area (Å²) in [7, 11) is 0. The van der Waals surface area contributed by atoms with Gasteiger partial charge in [-0.25, -0.2) is 4.39 Å². The number of para-hydroxylation sites is 1. The smallest absolute Gasteiger partial charge is 0.402 e. The van der Waals surface area contributed by atoms with Crippen molar-refractivity contribution in [3.8, 4) is 11.6 Å². The third-order valence-electron chi connectivity index (χ3n) is 12.8. The Labute approximate surface area is 455 Å². The van der Waals surface area contributed by atoms with Crippen LogP contribution in [-0.4, -0.2) is 11.9 Å². The topological polar surface area (TPSA) is 30.2 Å². The zero-order chi connectivity index (χ0) is 62.6. The molecule has 0 unspecified atom stereocenters. The lowest BCUT2D eigenvalue weighted by molar-refractivity contribution is -0.685. The van der Waals surface area contributed by atoms with E-state index in [1.807, 2.05) is 48.5 Å². The van der Waals surface area contributed by atoms with E-state index in [1.54, 1.807) is 41.1 Å². The van der Waals surface area contributed by atoms with E-state index < -0.39 is 201 Å². The highest BCUT2D eigenvalue weighted by atomic mass is 19.4. The summed E-state index contributed by atoms with van der Waals surface area (Å²) in [6.07, 6.45) is -53.0. The van der Waals surface area contributed by atoms with Crippen molar-refractivity contribution in [1.29, 1.82) is 0 Å². The van der Waals surface area contributed by atoms with E-state index in [0.29, 0.717) is 11.4 Å². The summed E-state index contributed by atoms with van der Waals surface area (Å²) in [5.74, 6) is 0.0536. The Hall–Kier alpha value is -8.27. The van der Waals surface area contributed by atoms with Crippen molar-refractivity contribution in [3.63, 3.8) is 0 Å². The van der Waals surface area contributed by atoms with E-state index in [0.717, 1.165) is 10.8 Å². The van der Waals surface area contributed by atoms with Crippen LogP contribution in [0.15, 0.2) is 164 Å². The molecule has 84 heavy (non-hydrogen) atoms. The zero-order valence-electron chi connectivity index (χ0n) is 41.1. The average molecular weight is 1220 g/mol. The fourth-order valence-electron chi connectivity index (χ4n) is 9.04. The molecule has 0 amide bonds. The molecule has 0 aliphatic carbocycles. The van der Waals surface area contributed by atoms with Gasteiger partial charge in [0.1, 0.15) is 6.15 Å². The number of Topliss-reactive ketones (excluding diaryl/α,β-unsaturated/α-hetero) is 1. The van der Waals surface area contributed by atoms with E-state index in [-0.39, 0.29) is 18.1 Å². The van der Waals surface area contributed by atoms with Crippen molar-refractivity contribution >= 4 is 44.6 Å². The first kappa shape index (κ1) is 63.3. The molecule has 0 bridgehead atoms. The predicted molar refractivity (Wildman–Crippen MR) is 251 cm³/mol. The molecule has 0 aliphatic rings. The van der Waals surface area contributed by atoms with Crippen LogP contribution >= 0.6 is 0 Å². The molecule has 0 saturated heterocycles. The van der Waals surface area contributed by atoms with Gasteiger partial charge in [0.25, 0.3) is 0 Å². The third kappa shape index (κ3) is 14.0. The zero-order valence-corrected chi connectivity index (χ0v) is 41.1. The minimum absolute atomic E-state index is 0.0470. The summed E-state index contributed by atoms with van der Waals surface area (Å²) in [5.41, 5.74) is -29.6. The maximum Gasteiger partial charge on any atom is 0.416 e. The Morgan fingerprint density at radius 3 is 0.988 bits per heavy atom. The lowest BCUT2D eigenvalue weighted by atomic mass is 9.12. The third-order valence-corrected chi connectivity index (χ3v) is 12.8. The number of hydrogen-bond donors (Lipinski definition) is 0. The number of nitrogens with zero attached hydrogens (tertiary/aromatic N) is 1. The van der Waals surface area contributed by atoms with Gasteiger partial charge in [-0.3, -0.25) is 4.79 Å². The molecule has 29 heteroatoms. The number of carbonyl (C=O) groups excluding carboxylic acids is 1. The normalized spacial score (nSPS) is 13.2. The van der Waals surface area contributed by atoms with Crippen molar-refractivity contribution in [1.82, 2.24) is 0 Å². The van der Waals surface area contributed by atoms with Crippen LogP contribution in [0.1, 0.15) is 54.9 Å². The monoisotopic (exact) mass is 1220 g/mol. The van der Waals surface area contributed by atoms with Crippen LogP contribution < -0.4 is 31.2 Å². The molecule has 0 spiro atoms. The Kier molecular flexibility index (Phi) is 16.9. The molecule has 1 heterocycles. The number of hydrogen-bond acceptors (Lipinski definition) is 2. The van der Waals surface area contributed by atoms with Crippen molar-refractivity contribution in [3.05, 3.63) is 220 Å². The Bertz CT molecular complexity index is 3290. The van der Waals surface area contributed by atoms with Crippen LogP contribution in [0.25, 0.3) is 10.8 Å². The average Bonchev–Trinajstić information content (AvgIpc) is 0.967. The van der Waals surface area contributed by atoms with E-state index in [2.05, 4.69) is 0 Å². The molecule has 444 valence electrons. The van der Waals surface area contributed by atoms with E-state index >= 15 is 0 Å². The van der Waals surface area contributed by atoms with Gasteiger partial charge in [-0.15, -0.1) is 0 Å². The molecule has 0 radical (unpaired) electrons. The largest absolute Gasteiger partial charge is 0.416 e. The van der Waals surface area contributed by atoms with E-state index in [4.69, 9.17) is 4.74 Å². The highest BCUT2D eigenvalue weighted by Gasteiger charge is 2.47. The maximum absolute atomic E-state index is 14.2. The number of halogens is 25. The van der Waals surface area contributed by atoms with E-state index in [1.165, 1.54) is 6.07 Å². The molecule has 0 fully saturated rings. The minimum Gasteiger partial charge on any atom is -0.402 e. The van der Waals surface area contributed by atoms with Crippen molar-refractivity contribution in [2.75, 3.05) is 0 Å². The Morgan fingerprint density at radius 1 is 0.369 bits per heavy atom. The van der Waals surface area contributed by atoms with Crippen molar-refractivity contribution < 1.29 is 124 Å².